The van der Waals surface area contributed by atoms with Crippen LogP contribution in [-0.2, 0) is 9.53 Å². The van der Waals surface area contributed by atoms with Gasteiger partial charge in [0.25, 0.3) is 5.91 Å². The van der Waals surface area contributed by atoms with Crippen LogP contribution in [0.2, 0.25) is 5.02 Å². The molecule has 2 atom stereocenters. The summed E-state index contributed by atoms with van der Waals surface area (Å²) in [6, 6.07) is 4.98. The van der Waals surface area contributed by atoms with E-state index in [-0.39, 0.29) is 18.1 Å². The molecule has 5 heteroatoms. The normalized spacial score (nSPS) is 23.6. The largest absolute Gasteiger partial charge is 0.397 e. The van der Waals surface area contributed by atoms with Gasteiger partial charge in [-0.05, 0) is 38.0 Å². The van der Waals surface area contributed by atoms with E-state index in [1.165, 1.54) is 0 Å². The number of anilines is 2. The zero-order valence-corrected chi connectivity index (χ0v) is 10.3. The van der Waals surface area contributed by atoms with E-state index in [2.05, 4.69) is 5.32 Å². The highest BCUT2D eigenvalue weighted by atomic mass is 35.5. The number of carbonyl (C=O) groups is 1. The smallest absolute Gasteiger partial charge is 0.253 e. The van der Waals surface area contributed by atoms with E-state index in [1.54, 1.807) is 18.2 Å². The zero-order chi connectivity index (χ0) is 12.4. The molecule has 1 saturated heterocycles. The van der Waals surface area contributed by atoms with Crippen molar-refractivity contribution in [3.8, 4) is 0 Å². The molecule has 0 radical (unpaired) electrons. The maximum Gasteiger partial charge on any atom is 0.253 e. The van der Waals surface area contributed by atoms with Gasteiger partial charge in [0.1, 0.15) is 6.10 Å². The van der Waals surface area contributed by atoms with Gasteiger partial charge in [-0.15, -0.1) is 0 Å². The molecule has 3 N–H and O–H groups in total. The second kappa shape index (κ2) is 4.94. The van der Waals surface area contributed by atoms with Crippen molar-refractivity contribution >= 4 is 28.9 Å². The highest BCUT2D eigenvalue weighted by molar-refractivity contribution is 6.31. The number of nitrogen functional groups attached to an aromatic ring is 1. The van der Waals surface area contributed by atoms with Gasteiger partial charge in [-0.3, -0.25) is 4.79 Å². The van der Waals surface area contributed by atoms with Crippen LogP contribution in [0.15, 0.2) is 18.2 Å². The van der Waals surface area contributed by atoms with Crippen molar-refractivity contribution in [3.63, 3.8) is 0 Å². The van der Waals surface area contributed by atoms with E-state index in [1.807, 2.05) is 6.92 Å². The van der Waals surface area contributed by atoms with Crippen LogP contribution in [0.1, 0.15) is 19.8 Å². The molecule has 1 aliphatic rings. The van der Waals surface area contributed by atoms with E-state index in [4.69, 9.17) is 22.1 Å². The Hall–Kier alpha value is -1.26. The van der Waals surface area contributed by atoms with Crippen LogP contribution in [0.3, 0.4) is 0 Å². The second-order valence-electron chi connectivity index (χ2n) is 4.23. The third kappa shape index (κ3) is 2.90. The number of rotatable bonds is 2. The van der Waals surface area contributed by atoms with E-state index in [9.17, 15) is 4.79 Å². The number of hydrogen-bond donors (Lipinski definition) is 2. The summed E-state index contributed by atoms with van der Waals surface area (Å²) < 4.78 is 5.48. The van der Waals surface area contributed by atoms with Crippen LogP contribution < -0.4 is 11.1 Å². The first kappa shape index (κ1) is 12.2. The summed E-state index contributed by atoms with van der Waals surface area (Å²) in [5, 5.41) is 3.30. The Morgan fingerprint density at radius 3 is 2.88 bits per heavy atom. The Labute approximate surface area is 105 Å². The molecule has 2 rings (SSSR count). The second-order valence-corrected chi connectivity index (χ2v) is 4.67. The molecule has 0 bridgehead atoms. The summed E-state index contributed by atoms with van der Waals surface area (Å²) in [6.07, 6.45) is 1.43. The lowest BCUT2D eigenvalue weighted by Crippen LogP contribution is -2.28. The van der Waals surface area contributed by atoms with Crippen molar-refractivity contribution < 1.29 is 9.53 Å². The first-order chi connectivity index (χ1) is 8.06. The standard InChI is InChI=1S/C12H15ClN2O2/c1-7-2-5-11(17-7)12(16)15-10-4-3-8(13)6-9(10)14/h3-4,6-7,11H,2,5,14H2,1H3,(H,15,16). The van der Waals surface area contributed by atoms with Gasteiger partial charge < -0.3 is 15.8 Å². The molecule has 0 aromatic heterocycles. The van der Waals surface area contributed by atoms with Crippen molar-refractivity contribution in [2.24, 2.45) is 0 Å². The molecule has 92 valence electrons. The third-order valence-electron chi connectivity index (χ3n) is 2.80. The van der Waals surface area contributed by atoms with Crippen molar-refractivity contribution in [1.82, 2.24) is 0 Å². The molecule has 17 heavy (non-hydrogen) atoms. The van der Waals surface area contributed by atoms with Crippen LogP contribution in [0.4, 0.5) is 11.4 Å². The van der Waals surface area contributed by atoms with Gasteiger partial charge in [0, 0.05) is 5.02 Å². The minimum absolute atomic E-state index is 0.147. The fourth-order valence-corrected chi connectivity index (χ4v) is 2.04. The van der Waals surface area contributed by atoms with Crippen LogP contribution in [0.25, 0.3) is 0 Å². The highest BCUT2D eigenvalue weighted by Gasteiger charge is 2.28. The Kier molecular flexibility index (Phi) is 3.54. The van der Waals surface area contributed by atoms with Crippen molar-refractivity contribution in [3.05, 3.63) is 23.2 Å². The van der Waals surface area contributed by atoms with Gasteiger partial charge in [-0.1, -0.05) is 11.6 Å². The maximum absolute atomic E-state index is 11.9. The first-order valence-electron chi connectivity index (χ1n) is 5.57. The van der Waals surface area contributed by atoms with Crippen molar-refractivity contribution in [2.45, 2.75) is 32.0 Å². The third-order valence-corrected chi connectivity index (χ3v) is 3.03. The number of carbonyl (C=O) groups excluding carboxylic acids is 1. The summed E-state index contributed by atoms with van der Waals surface area (Å²) >= 11 is 5.78. The van der Waals surface area contributed by atoms with Crippen LogP contribution >= 0.6 is 11.6 Å². The minimum Gasteiger partial charge on any atom is -0.397 e. The molecular formula is C12H15ClN2O2. The summed E-state index contributed by atoms with van der Waals surface area (Å²) in [6.45, 7) is 1.96. The van der Waals surface area contributed by atoms with Gasteiger partial charge in [0.05, 0.1) is 17.5 Å². The molecule has 1 aromatic rings. The molecular weight excluding hydrogens is 240 g/mol. The number of benzene rings is 1. The van der Waals surface area contributed by atoms with Gasteiger partial charge in [-0.25, -0.2) is 0 Å². The number of hydrogen-bond acceptors (Lipinski definition) is 3. The number of ether oxygens (including phenoxy) is 1. The number of nitrogens with one attached hydrogen (secondary N) is 1. The molecule has 0 saturated carbocycles. The summed E-state index contributed by atoms with van der Waals surface area (Å²) in [4.78, 5) is 11.9. The Morgan fingerprint density at radius 2 is 2.29 bits per heavy atom. The quantitative estimate of drug-likeness (QED) is 0.797. The average Bonchev–Trinajstić information content (AvgIpc) is 2.69. The van der Waals surface area contributed by atoms with Crippen LogP contribution in [0.5, 0.6) is 0 Å². The monoisotopic (exact) mass is 254 g/mol. The molecule has 4 nitrogen and oxygen atoms in total. The lowest BCUT2D eigenvalue weighted by Gasteiger charge is -2.13. The van der Waals surface area contributed by atoms with Gasteiger partial charge in [0.15, 0.2) is 0 Å². The summed E-state index contributed by atoms with van der Waals surface area (Å²) in [5.41, 5.74) is 6.78. The van der Waals surface area contributed by atoms with E-state index < -0.39 is 0 Å². The molecule has 0 spiro atoms. The summed E-state index contributed by atoms with van der Waals surface area (Å²) in [7, 11) is 0. The van der Waals surface area contributed by atoms with Crippen molar-refractivity contribution in [1.29, 1.82) is 0 Å². The minimum atomic E-state index is -0.375. The number of nitrogens with two attached hydrogens (primary N) is 1. The van der Waals surface area contributed by atoms with Gasteiger partial charge in [-0.2, -0.15) is 0 Å². The SMILES string of the molecule is CC1CCC(C(=O)Nc2ccc(Cl)cc2N)O1. The molecule has 1 aromatic carbocycles. The van der Waals surface area contributed by atoms with Gasteiger partial charge >= 0.3 is 0 Å². The molecule has 1 aliphatic heterocycles. The summed E-state index contributed by atoms with van der Waals surface area (Å²) in [5.74, 6) is -0.150. The number of amides is 1. The Balaban J connectivity index is 2.03. The van der Waals surface area contributed by atoms with E-state index in [0.717, 1.165) is 12.8 Å². The predicted molar refractivity (Wildman–Crippen MR) is 68.1 cm³/mol. The lowest BCUT2D eigenvalue weighted by atomic mass is 10.2. The fraction of sp³-hybridized carbons (Fsp3) is 0.417. The molecule has 1 amide bonds. The van der Waals surface area contributed by atoms with Crippen LogP contribution in [0, 0.1) is 0 Å². The molecule has 1 heterocycles. The molecule has 1 fully saturated rings. The Morgan fingerprint density at radius 1 is 1.53 bits per heavy atom. The van der Waals surface area contributed by atoms with Crippen LogP contribution in [-0.4, -0.2) is 18.1 Å². The fourth-order valence-electron chi connectivity index (χ4n) is 1.86. The lowest BCUT2D eigenvalue weighted by molar-refractivity contribution is -0.126. The average molecular weight is 255 g/mol. The Bertz CT molecular complexity index is 437. The number of halogens is 1. The topological polar surface area (TPSA) is 64.4 Å². The predicted octanol–water partition coefficient (Wildman–Crippen LogP) is 2.43. The van der Waals surface area contributed by atoms with E-state index in [0.29, 0.717) is 16.4 Å². The highest BCUT2D eigenvalue weighted by Crippen LogP contribution is 2.25. The van der Waals surface area contributed by atoms with E-state index >= 15 is 0 Å². The first-order valence-corrected chi connectivity index (χ1v) is 5.95. The molecule has 0 aliphatic carbocycles. The molecule has 2 unspecified atom stereocenters. The maximum atomic E-state index is 11.9. The van der Waals surface area contributed by atoms with Gasteiger partial charge in [0.2, 0.25) is 0 Å². The van der Waals surface area contributed by atoms with Crippen molar-refractivity contribution in [2.75, 3.05) is 11.1 Å². The zero-order valence-electron chi connectivity index (χ0n) is 9.57.